The zero-order valence-electron chi connectivity index (χ0n) is 12.8. The maximum absolute atomic E-state index is 12.2. The van der Waals surface area contributed by atoms with E-state index in [1.54, 1.807) is 24.3 Å². The number of nitriles is 1. The van der Waals surface area contributed by atoms with Crippen LogP contribution in [0.15, 0.2) is 48.0 Å². The van der Waals surface area contributed by atoms with Gasteiger partial charge >= 0.3 is 0 Å². The summed E-state index contributed by atoms with van der Waals surface area (Å²) in [5.41, 5.74) is 2.36. The molecule has 2 aromatic rings. The average Bonchev–Trinajstić information content (AvgIpc) is 2.52. The minimum atomic E-state index is -0.491. The Morgan fingerprint density at radius 2 is 2.09 bits per heavy atom. The van der Waals surface area contributed by atoms with Crippen LogP contribution in [0, 0.1) is 18.3 Å². The van der Waals surface area contributed by atoms with Crippen molar-refractivity contribution in [2.75, 3.05) is 12.4 Å². The number of nitrogens with zero attached hydrogens (tertiary/aromatic N) is 1. The summed E-state index contributed by atoms with van der Waals surface area (Å²) in [7, 11) is 1.51. The molecular weight excluding hydrogens is 312 g/mol. The lowest BCUT2D eigenvalue weighted by Crippen LogP contribution is -2.13. The number of halogens is 1. The van der Waals surface area contributed by atoms with Crippen molar-refractivity contribution < 1.29 is 9.53 Å². The molecule has 1 amide bonds. The molecule has 0 fully saturated rings. The summed E-state index contributed by atoms with van der Waals surface area (Å²) in [6.07, 6.45) is 1.55. The van der Waals surface area contributed by atoms with E-state index < -0.39 is 5.91 Å². The van der Waals surface area contributed by atoms with E-state index in [-0.39, 0.29) is 5.57 Å². The molecule has 2 rings (SSSR count). The Kier molecular flexibility index (Phi) is 5.40. The molecule has 0 aliphatic carbocycles. The van der Waals surface area contributed by atoms with Crippen LogP contribution in [-0.2, 0) is 4.79 Å². The number of anilines is 1. The third-order valence-electron chi connectivity index (χ3n) is 3.13. The van der Waals surface area contributed by atoms with Crippen LogP contribution in [0.4, 0.5) is 5.69 Å². The second-order valence-electron chi connectivity index (χ2n) is 4.89. The first-order valence-corrected chi connectivity index (χ1v) is 7.24. The third kappa shape index (κ3) is 4.35. The molecule has 23 heavy (non-hydrogen) atoms. The summed E-state index contributed by atoms with van der Waals surface area (Å²) in [5.74, 6) is 0.0238. The first-order valence-electron chi connectivity index (χ1n) is 6.87. The zero-order chi connectivity index (χ0) is 16.8. The molecule has 1 N–H and O–H groups in total. The van der Waals surface area contributed by atoms with E-state index in [0.717, 1.165) is 11.1 Å². The van der Waals surface area contributed by atoms with Crippen molar-refractivity contribution in [1.29, 1.82) is 5.26 Å². The SMILES string of the molecule is COc1ccc(NC(=O)/C(C#N)=C/c2cccc(C)c2)cc1Cl. The van der Waals surface area contributed by atoms with Gasteiger partial charge in [0.2, 0.25) is 0 Å². The summed E-state index contributed by atoms with van der Waals surface area (Å²) in [5, 5.41) is 12.2. The summed E-state index contributed by atoms with van der Waals surface area (Å²) in [4.78, 5) is 12.2. The fourth-order valence-corrected chi connectivity index (χ4v) is 2.28. The van der Waals surface area contributed by atoms with E-state index in [4.69, 9.17) is 16.3 Å². The number of aryl methyl sites for hydroxylation is 1. The van der Waals surface area contributed by atoms with Gasteiger partial charge in [0.05, 0.1) is 12.1 Å². The first-order chi connectivity index (χ1) is 11.0. The molecule has 0 unspecified atom stereocenters. The zero-order valence-corrected chi connectivity index (χ0v) is 13.5. The van der Waals surface area contributed by atoms with E-state index in [1.165, 1.54) is 7.11 Å². The molecule has 0 aliphatic heterocycles. The fraction of sp³-hybridized carbons (Fsp3) is 0.111. The molecule has 0 bridgehead atoms. The molecule has 0 spiro atoms. The lowest BCUT2D eigenvalue weighted by molar-refractivity contribution is -0.112. The third-order valence-corrected chi connectivity index (χ3v) is 3.42. The fourth-order valence-electron chi connectivity index (χ4n) is 2.02. The second-order valence-corrected chi connectivity index (χ2v) is 5.29. The minimum Gasteiger partial charge on any atom is -0.495 e. The largest absolute Gasteiger partial charge is 0.495 e. The number of hydrogen-bond donors (Lipinski definition) is 1. The van der Waals surface area contributed by atoms with Crippen molar-refractivity contribution in [2.45, 2.75) is 6.92 Å². The second kappa shape index (κ2) is 7.48. The molecule has 0 aliphatic rings. The number of carbonyl (C=O) groups excluding carboxylic acids is 1. The van der Waals surface area contributed by atoms with E-state index in [9.17, 15) is 10.1 Å². The number of methoxy groups -OCH3 is 1. The topological polar surface area (TPSA) is 62.1 Å². The maximum atomic E-state index is 12.2. The van der Waals surface area contributed by atoms with Crippen molar-refractivity contribution in [1.82, 2.24) is 0 Å². The number of carbonyl (C=O) groups is 1. The van der Waals surface area contributed by atoms with E-state index in [2.05, 4.69) is 5.32 Å². The quantitative estimate of drug-likeness (QED) is 0.676. The Hall–Kier alpha value is -2.77. The molecule has 116 valence electrons. The summed E-state index contributed by atoms with van der Waals surface area (Å²) < 4.78 is 5.06. The van der Waals surface area contributed by atoms with Gasteiger partial charge in [-0.1, -0.05) is 41.4 Å². The number of nitrogens with one attached hydrogen (secondary N) is 1. The number of benzene rings is 2. The van der Waals surface area contributed by atoms with Gasteiger partial charge in [-0.15, -0.1) is 0 Å². The van der Waals surface area contributed by atoms with Crippen molar-refractivity contribution in [3.63, 3.8) is 0 Å². The van der Waals surface area contributed by atoms with E-state index >= 15 is 0 Å². The van der Waals surface area contributed by atoms with E-state index in [0.29, 0.717) is 16.5 Å². The van der Waals surface area contributed by atoms with Gasteiger partial charge in [-0.25, -0.2) is 0 Å². The highest BCUT2D eigenvalue weighted by atomic mass is 35.5. The Morgan fingerprint density at radius 1 is 1.30 bits per heavy atom. The Labute approximate surface area is 140 Å². The molecule has 0 heterocycles. The molecule has 0 saturated heterocycles. The number of rotatable bonds is 4. The van der Waals surface area contributed by atoms with Crippen molar-refractivity contribution in [3.8, 4) is 11.8 Å². The summed E-state index contributed by atoms with van der Waals surface area (Å²) >= 11 is 6.02. The van der Waals surface area contributed by atoms with Gasteiger partial charge in [-0.05, 0) is 36.8 Å². The molecule has 0 aromatic heterocycles. The van der Waals surface area contributed by atoms with Crippen molar-refractivity contribution in [3.05, 3.63) is 64.2 Å². The van der Waals surface area contributed by atoms with Crippen LogP contribution in [0.5, 0.6) is 5.75 Å². The highest BCUT2D eigenvalue weighted by molar-refractivity contribution is 6.32. The van der Waals surface area contributed by atoms with Crippen LogP contribution < -0.4 is 10.1 Å². The Morgan fingerprint density at radius 3 is 2.70 bits per heavy atom. The molecule has 0 saturated carbocycles. The Bertz CT molecular complexity index is 807. The lowest BCUT2D eigenvalue weighted by atomic mass is 10.1. The molecule has 5 heteroatoms. The van der Waals surface area contributed by atoms with Crippen molar-refractivity contribution in [2.24, 2.45) is 0 Å². The van der Waals surface area contributed by atoms with Crippen LogP contribution in [0.3, 0.4) is 0 Å². The number of amides is 1. The van der Waals surface area contributed by atoms with Gasteiger partial charge < -0.3 is 10.1 Å². The van der Waals surface area contributed by atoms with Gasteiger partial charge in [0.25, 0.3) is 5.91 Å². The standard InChI is InChI=1S/C18H15ClN2O2/c1-12-4-3-5-13(8-12)9-14(11-20)18(22)21-15-6-7-17(23-2)16(19)10-15/h3-10H,1-2H3,(H,21,22)/b14-9+. The van der Waals surface area contributed by atoms with E-state index in [1.807, 2.05) is 37.3 Å². The molecule has 0 radical (unpaired) electrons. The van der Waals surface area contributed by atoms with Crippen LogP contribution in [0.25, 0.3) is 6.08 Å². The predicted molar refractivity (Wildman–Crippen MR) is 91.4 cm³/mol. The lowest BCUT2D eigenvalue weighted by Gasteiger charge is -2.07. The van der Waals surface area contributed by atoms with Crippen LogP contribution in [-0.4, -0.2) is 13.0 Å². The maximum Gasteiger partial charge on any atom is 0.266 e. The molecular formula is C18H15ClN2O2. The van der Waals surface area contributed by atoms with Crippen LogP contribution >= 0.6 is 11.6 Å². The highest BCUT2D eigenvalue weighted by Gasteiger charge is 2.11. The van der Waals surface area contributed by atoms with Gasteiger partial charge in [-0.3, -0.25) is 4.79 Å². The molecule has 4 nitrogen and oxygen atoms in total. The number of ether oxygens (including phenoxy) is 1. The van der Waals surface area contributed by atoms with Gasteiger partial charge in [0.15, 0.2) is 0 Å². The van der Waals surface area contributed by atoms with Crippen LogP contribution in [0.1, 0.15) is 11.1 Å². The van der Waals surface area contributed by atoms with Crippen LogP contribution in [0.2, 0.25) is 5.02 Å². The molecule has 0 atom stereocenters. The minimum absolute atomic E-state index is 0.0162. The summed E-state index contributed by atoms with van der Waals surface area (Å²) in [6.45, 7) is 1.95. The average molecular weight is 327 g/mol. The highest BCUT2D eigenvalue weighted by Crippen LogP contribution is 2.27. The summed E-state index contributed by atoms with van der Waals surface area (Å²) in [6, 6.07) is 14.3. The first kappa shape index (κ1) is 16.6. The normalized spacial score (nSPS) is 10.8. The Balaban J connectivity index is 2.21. The number of hydrogen-bond acceptors (Lipinski definition) is 3. The smallest absolute Gasteiger partial charge is 0.266 e. The monoisotopic (exact) mass is 326 g/mol. The van der Waals surface area contributed by atoms with Gasteiger partial charge in [0.1, 0.15) is 17.4 Å². The van der Waals surface area contributed by atoms with Crippen molar-refractivity contribution >= 4 is 29.3 Å². The predicted octanol–water partition coefficient (Wildman–Crippen LogP) is 4.20. The van der Waals surface area contributed by atoms with Gasteiger partial charge in [0, 0.05) is 5.69 Å². The molecule has 2 aromatic carbocycles. The van der Waals surface area contributed by atoms with Gasteiger partial charge in [-0.2, -0.15) is 5.26 Å².